The molecular formula is C33H68N3O2PS. The van der Waals surface area contributed by atoms with Crippen LogP contribution in [0, 0.1) is 0 Å². The first kappa shape index (κ1) is 37.9. The van der Waals surface area contributed by atoms with Crippen molar-refractivity contribution in [1.29, 1.82) is 0 Å². The SMILES string of the molecule is CCCCCCCC(C)(CCCCCC)OP(=S)(N=C1N(C)CCN1C)OC(C)(CCCCC)CCCCCC. The van der Waals surface area contributed by atoms with E-state index in [2.05, 4.69) is 65.4 Å². The predicted octanol–water partition coefficient (Wildman–Crippen LogP) is 10.9. The molecule has 0 radical (unpaired) electrons. The molecule has 1 rings (SSSR count). The van der Waals surface area contributed by atoms with Crippen LogP contribution in [0.3, 0.4) is 0 Å². The number of guanidine groups is 1. The summed E-state index contributed by atoms with van der Waals surface area (Å²) in [5.41, 5.74) is -0.607. The van der Waals surface area contributed by atoms with Crippen molar-refractivity contribution in [2.24, 2.45) is 4.76 Å². The molecule has 0 amide bonds. The lowest BCUT2D eigenvalue weighted by Gasteiger charge is -2.39. The second-order valence-electron chi connectivity index (χ2n) is 13.0. The molecule has 1 heterocycles. The molecule has 1 saturated heterocycles. The fraction of sp³-hybridized carbons (Fsp3) is 0.970. The predicted molar refractivity (Wildman–Crippen MR) is 181 cm³/mol. The summed E-state index contributed by atoms with van der Waals surface area (Å²) in [5.74, 6) is 0.932. The van der Waals surface area contributed by atoms with Crippen LogP contribution >= 0.6 is 6.64 Å². The molecule has 40 heavy (non-hydrogen) atoms. The summed E-state index contributed by atoms with van der Waals surface area (Å²) in [4.78, 5) is 4.43. The van der Waals surface area contributed by atoms with E-state index >= 15 is 0 Å². The van der Waals surface area contributed by atoms with Gasteiger partial charge < -0.3 is 18.8 Å². The van der Waals surface area contributed by atoms with Crippen molar-refractivity contribution in [3.8, 4) is 0 Å². The van der Waals surface area contributed by atoms with Gasteiger partial charge in [-0.2, -0.15) is 4.76 Å². The molecular weight excluding hydrogens is 533 g/mol. The van der Waals surface area contributed by atoms with Gasteiger partial charge in [0.25, 0.3) is 0 Å². The Bertz CT molecular complexity index is 724. The quantitative estimate of drug-likeness (QED) is 0.0768. The molecule has 1 fully saturated rings. The number of hydrogen-bond acceptors (Lipinski definition) is 3. The number of rotatable bonds is 25. The van der Waals surface area contributed by atoms with E-state index in [1.807, 2.05) is 0 Å². The molecule has 1 aliphatic heterocycles. The fourth-order valence-electron chi connectivity index (χ4n) is 5.81. The van der Waals surface area contributed by atoms with E-state index in [9.17, 15) is 0 Å². The molecule has 238 valence electrons. The molecule has 0 saturated carbocycles. The van der Waals surface area contributed by atoms with Crippen LogP contribution in [0.4, 0.5) is 0 Å². The van der Waals surface area contributed by atoms with Crippen molar-refractivity contribution in [2.45, 2.75) is 181 Å². The standard InChI is InChI=1S/C33H68N3O2PS/c1-9-13-17-20-24-28-33(6,27-23-19-15-11-3)38-39(40,34-31-35(7)29-30-36(31)8)37-32(5,25-21-16-12-4)26-22-18-14-10-2/h9-30H2,1-8H3. The minimum absolute atomic E-state index is 0.303. The molecule has 0 N–H and O–H groups in total. The van der Waals surface area contributed by atoms with Crippen molar-refractivity contribution in [3.63, 3.8) is 0 Å². The Balaban J connectivity index is 3.32. The van der Waals surface area contributed by atoms with Crippen molar-refractivity contribution in [2.75, 3.05) is 27.2 Å². The van der Waals surface area contributed by atoms with Gasteiger partial charge in [-0.15, -0.1) is 0 Å². The first-order valence-corrected chi connectivity index (χ1v) is 19.7. The highest BCUT2D eigenvalue weighted by atomic mass is 32.5. The van der Waals surface area contributed by atoms with Crippen molar-refractivity contribution in [1.82, 2.24) is 9.80 Å². The van der Waals surface area contributed by atoms with Gasteiger partial charge in [-0.25, -0.2) is 0 Å². The number of likely N-dealkylation sites (N-methyl/N-ethyl adjacent to an activating group) is 2. The van der Waals surface area contributed by atoms with Crippen LogP contribution in [0.1, 0.15) is 170 Å². The summed E-state index contributed by atoms with van der Waals surface area (Å²) in [6.45, 7) is 12.7. The van der Waals surface area contributed by atoms with Gasteiger partial charge in [0.1, 0.15) is 0 Å². The zero-order valence-electron chi connectivity index (χ0n) is 28.1. The number of hydrogen-bond donors (Lipinski definition) is 0. The maximum Gasteiger partial charge on any atom is 0.313 e. The average molecular weight is 602 g/mol. The largest absolute Gasteiger partial charge is 0.344 e. The van der Waals surface area contributed by atoms with Crippen LogP contribution in [0.25, 0.3) is 0 Å². The van der Waals surface area contributed by atoms with Crippen molar-refractivity contribution >= 4 is 24.4 Å². The lowest BCUT2D eigenvalue weighted by Crippen LogP contribution is -2.34. The van der Waals surface area contributed by atoms with Gasteiger partial charge >= 0.3 is 6.64 Å². The van der Waals surface area contributed by atoms with Crippen LogP contribution in [0.5, 0.6) is 0 Å². The molecule has 5 nitrogen and oxygen atoms in total. The average Bonchev–Trinajstić information content (AvgIpc) is 3.21. The van der Waals surface area contributed by atoms with Gasteiger partial charge in [0.2, 0.25) is 5.96 Å². The number of unbranched alkanes of at least 4 members (excludes halogenated alkanes) is 12. The Hall–Kier alpha value is -0.160. The molecule has 3 atom stereocenters. The van der Waals surface area contributed by atoms with Gasteiger partial charge in [0, 0.05) is 27.2 Å². The van der Waals surface area contributed by atoms with Crippen LogP contribution in [-0.2, 0) is 20.9 Å². The normalized spacial score (nSPS) is 18.6. The van der Waals surface area contributed by atoms with Crippen LogP contribution in [0.15, 0.2) is 4.76 Å². The first-order chi connectivity index (χ1) is 19.1. The Morgan fingerprint density at radius 2 is 0.900 bits per heavy atom. The lowest BCUT2D eigenvalue weighted by atomic mass is 9.92. The molecule has 7 heteroatoms. The summed E-state index contributed by atoms with van der Waals surface area (Å²) in [6, 6.07) is 0. The molecule has 0 spiro atoms. The maximum absolute atomic E-state index is 7.16. The third-order valence-corrected chi connectivity index (χ3v) is 11.0. The molecule has 0 bridgehead atoms. The second-order valence-corrected chi connectivity index (χ2v) is 15.9. The Morgan fingerprint density at radius 3 is 1.27 bits per heavy atom. The lowest BCUT2D eigenvalue weighted by molar-refractivity contribution is 0.0130. The van der Waals surface area contributed by atoms with Gasteiger partial charge in [-0.3, -0.25) is 0 Å². The van der Waals surface area contributed by atoms with E-state index in [1.165, 1.54) is 96.3 Å². The highest BCUT2D eigenvalue weighted by molar-refractivity contribution is 8.09. The summed E-state index contributed by atoms with van der Waals surface area (Å²) in [7, 11) is 4.23. The maximum atomic E-state index is 7.16. The van der Waals surface area contributed by atoms with Crippen molar-refractivity contribution < 1.29 is 9.05 Å². The van der Waals surface area contributed by atoms with E-state index in [1.54, 1.807) is 0 Å². The van der Waals surface area contributed by atoms with Crippen molar-refractivity contribution in [3.05, 3.63) is 0 Å². The highest BCUT2D eigenvalue weighted by Gasteiger charge is 2.40. The fourth-order valence-corrected chi connectivity index (χ4v) is 9.23. The summed E-state index contributed by atoms with van der Waals surface area (Å²) >= 11 is 6.47. The van der Waals surface area contributed by atoms with E-state index < -0.39 is 6.64 Å². The van der Waals surface area contributed by atoms with Gasteiger partial charge in [0.15, 0.2) is 0 Å². The Labute approximate surface area is 255 Å². The first-order valence-electron chi connectivity index (χ1n) is 17.1. The molecule has 0 aromatic rings. The molecule has 0 aromatic heterocycles. The molecule has 0 aliphatic carbocycles. The smallest absolute Gasteiger partial charge is 0.313 e. The Morgan fingerprint density at radius 1 is 0.600 bits per heavy atom. The van der Waals surface area contributed by atoms with Gasteiger partial charge in [-0.05, 0) is 51.3 Å². The summed E-state index contributed by atoms with van der Waals surface area (Å²) in [6.07, 6.45) is 23.9. The zero-order valence-corrected chi connectivity index (χ0v) is 29.8. The minimum atomic E-state index is -2.97. The topological polar surface area (TPSA) is 37.3 Å². The monoisotopic (exact) mass is 601 g/mol. The second kappa shape index (κ2) is 20.7. The Kier molecular flexibility index (Phi) is 19.6. The highest BCUT2D eigenvalue weighted by Crippen LogP contribution is 2.59. The third kappa shape index (κ3) is 15.4. The minimum Gasteiger partial charge on any atom is -0.344 e. The molecule has 3 unspecified atom stereocenters. The van der Waals surface area contributed by atoms with Gasteiger partial charge in [0.05, 0.1) is 11.2 Å². The molecule has 0 aromatic carbocycles. The van der Waals surface area contributed by atoms with E-state index in [0.29, 0.717) is 0 Å². The van der Waals surface area contributed by atoms with Crippen LogP contribution < -0.4 is 0 Å². The van der Waals surface area contributed by atoms with E-state index in [0.717, 1.165) is 51.2 Å². The van der Waals surface area contributed by atoms with E-state index in [4.69, 9.17) is 25.6 Å². The number of nitrogens with zero attached hydrogens (tertiary/aromatic N) is 3. The van der Waals surface area contributed by atoms with Crippen LogP contribution in [-0.4, -0.2) is 54.1 Å². The van der Waals surface area contributed by atoms with Gasteiger partial charge in [-0.1, -0.05) is 130 Å². The molecule has 1 aliphatic rings. The van der Waals surface area contributed by atoms with Crippen LogP contribution in [0.2, 0.25) is 0 Å². The summed E-state index contributed by atoms with van der Waals surface area (Å²) < 4.78 is 19.6. The third-order valence-electron chi connectivity index (χ3n) is 8.57. The van der Waals surface area contributed by atoms with E-state index in [-0.39, 0.29) is 11.2 Å². The summed E-state index contributed by atoms with van der Waals surface area (Å²) in [5, 5.41) is 0. The zero-order chi connectivity index (χ0) is 29.9.